The molecule has 3 aromatic rings. The van der Waals surface area contributed by atoms with Gasteiger partial charge in [-0.05, 0) is 29.3 Å². The molecule has 0 amide bonds. The van der Waals surface area contributed by atoms with Crippen LogP contribution < -0.4 is 0 Å². The van der Waals surface area contributed by atoms with Crippen LogP contribution in [0.2, 0.25) is 5.02 Å². The van der Waals surface area contributed by atoms with Gasteiger partial charge in [-0.15, -0.1) is 0 Å². The predicted octanol–water partition coefficient (Wildman–Crippen LogP) is 4.85. The molecule has 1 atom stereocenters. The maximum absolute atomic E-state index is 11.9. The highest BCUT2D eigenvalue weighted by Gasteiger charge is 2.34. The van der Waals surface area contributed by atoms with Gasteiger partial charge < -0.3 is 15.0 Å². The molecule has 0 bridgehead atoms. The largest absolute Gasteiger partial charge is 0.480 e. The van der Waals surface area contributed by atoms with Crippen molar-refractivity contribution in [3.8, 4) is 0 Å². The van der Waals surface area contributed by atoms with E-state index in [4.69, 9.17) is 23.8 Å². The number of hydrogen-bond donors (Lipinski definition) is 2. The van der Waals surface area contributed by atoms with E-state index in [0.717, 1.165) is 27.7 Å². The summed E-state index contributed by atoms with van der Waals surface area (Å²) < 4.78 is 0.599. The van der Waals surface area contributed by atoms with Crippen LogP contribution in [0.15, 0.2) is 48.5 Å². The maximum atomic E-state index is 11.9. The van der Waals surface area contributed by atoms with Gasteiger partial charge in [0.2, 0.25) is 0 Å². The molecule has 7 heteroatoms. The zero-order valence-electron chi connectivity index (χ0n) is 14.3. The molecule has 0 saturated heterocycles. The minimum Gasteiger partial charge on any atom is -0.480 e. The van der Waals surface area contributed by atoms with Crippen molar-refractivity contribution in [1.82, 2.24) is 9.88 Å². The van der Waals surface area contributed by atoms with Gasteiger partial charge in [0.05, 0.1) is 6.54 Å². The minimum atomic E-state index is -0.847. The smallest absolute Gasteiger partial charge is 0.326 e. The maximum Gasteiger partial charge on any atom is 0.326 e. The van der Waals surface area contributed by atoms with Gasteiger partial charge in [-0.25, -0.2) is 4.79 Å². The number of hydrogen-bond acceptors (Lipinski definition) is 3. The first-order valence-corrected chi connectivity index (χ1v) is 10.3. The van der Waals surface area contributed by atoms with Crippen LogP contribution in [0.25, 0.3) is 10.9 Å². The number of carboxylic acid groups (broad SMARTS) is 1. The number of para-hydroxylation sites is 1. The third-order valence-corrected chi connectivity index (χ3v) is 6.60. The standard InChI is InChI=1S/C20H17ClN2O2S2/c21-13-7-5-12(6-8-13)11-27-20(26)23-10-17-15(9-18(23)19(24)25)14-3-1-2-4-16(14)22-17/h1-8,18,22H,9-11H2,(H,24,25). The van der Waals surface area contributed by atoms with Gasteiger partial charge >= 0.3 is 5.97 Å². The van der Waals surface area contributed by atoms with Gasteiger partial charge in [0.25, 0.3) is 0 Å². The van der Waals surface area contributed by atoms with Crippen LogP contribution in [0.3, 0.4) is 0 Å². The Bertz CT molecular complexity index is 1020. The van der Waals surface area contributed by atoms with Crippen LogP contribution in [0.1, 0.15) is 16.8 Å². The zero-order valence-corrected chi connectivity index (χ0v) is 16.7. The molecular weight excluding hydrogens is 400 g/mol. The van der Waals surface area contributed by atoms with Gasteiger partial charge in [0.15, 0.2) is 0 Å². The lowest BCUT2D eigenvalue weighted by molar-refractivity contribution is -0.142. The highest BCUT2D eigenvalue weighted by atomic mass is 35.5. The highest BCUT2D eigenvalue weighted by molar-refractivity contribution is 8.22. The van der Waals surface area contributed by atoms with E-state index in [1.165, 1.54) is 11.8 Å². The molecule has 1 unspecified atom stereocenters. The van der Waals surface area contributed by atoms with Crippen molar-refractivity contribution in [2.24, 2.45) is 0 Å². The van der Waals surface area contributed by atoms with E-state index in [-0.39, 0.29) is 0 Å². The number of aliphatic carboxylic acids is 1. The summed E-state index contributed by atoms with van der Waals surface area (Å²) in [5, 5.41) is 11.6. The fourth-order valence-corrected chi connectivity index (χ4v) is 4.76. The number of aromatic nitrogens is 1. The molecule has 4 rings (SSSR count). The number of halogens is 1. The van der Waals surface area contributed by atoms with Gasteiger partial charge in [0.1, 0.15) is 10.4 Å². The Morgan fingerprint density at radius 1 is 1.26 bits per heavy atom. The quantitative estimate of drug-likeness (QED) is 0.597. The Morgan fingerprint density at radius 2 is 2.00 bits per heavy atom. The number of H-pyrrole nitrogens is 1. The van der Waals surface area contributed by atoms with Crippen molar-refractivity contribution in [3.05, 3.63) is 70.4 Å². The van der Waals surface area contributed by atoms with Crippen LogP contribution in [-0.2, 0) is 23.5 Å². The molecule has 2 heterocycles. The van der Waals surface area contributed by atoms with Crippen LogP contribution >= 0.6 is 35.6 Å². The van der Waals surface area contributed by atoms with E-state index >= 15 is 0 Å². The molecule has 1 aliphatic heterocycles. The number of thiocarbonyl (C=S) groups is 1. The number of benzene rings is 2. The molecule has 0 radical (unpaired) electrons. The molecule has 2 aromatic carbocycles. The summed E-state index contributed by atoms with van der Waals surface area (Å²) in [4.78, 5) is 17.2. The third kappa shape index (κ3) is 3.70. The molecule has 0 spiro atoms. The molecule has 1 aliphatic rings. The lowest BCUT2D eigenvalue weighted by atomic mass is 9.97. The molecular formula is C20H17ClN2O2S2. The van der Waals surface area contributed by atoms with E-state index in [0.29, 0.717) is 28.1 Å². The molecule has 4 nitrogen and oxygen atoms in total. The van der Waals surface area contributed by atoms with Crippen molar-refractivity contribution < 1.29 is 9.90 Å². The average molecular weight is 417 g/mol. The Kier molecular flexibility index (Phi) is 5.12. The molecule has 1 aromatic heterocycles. The number of fused-ring (bicyclic) bond motifs is 3. The second-order valence-corrected chi connectivity index (χ2v) is 8.54. The SMILES string of the molecule is O=C(O)C1Cc2c([nH]c3ccccc23)CN1C(=S)SCc1ccc(Cl)cc1. The summed E-state index contributed by atoms with van der Waals surface area (Å²) in [5.41, 5.74) is 4.26. The van der Waals surface area contributed by atoms with Crippen molar-refractivity contribution in [1.29, 1.82) is 0 Å². The molecule has 2 N–H and O–H groups in total. The monoisotopic (exact) mass is 416 g/mol. The normalized spacial score (nSPS) is 16.3. The number of thioether (sulfide) groups is 1. The molecule has 0 fully saturated rings. The van der Waals surface area contributed by atoms with E-state index < -0.39 is 12.0 Å². The van der Waals surface area contributed by atoms with E-state index in [1.807, 2.05) is 53.4 Å². The predicted molar refractivity (Wildman–Crippen MR) is 114 cm³/mol. The fourth-order valence-electron chi connectivity index (χ4n) is 3.43. The topological polar surface area (TPSA) is 56.3 Å². The molecule has 0 saturated carbocycles. The Labute approximate surface area is 171 Å². The van der Waals surface area contributed by atoms with Gasteiger partial charge in [0, 0.05) is 33.8 Å². The van der Waals surface area contributed by atoms with Crippen LogP contribution in [0, 0.1) is 0 Å². The molecule has 138 valence electrons. The number of nitrogens with zero attached hydrogens (tertiary/aromatic N) is 1. The lowest BCUT2D eigenvalue weighted by Crippen LogP contribution is -2.47. The minimum absolute atomic E-state index is 0.441. The fraction of sp³-hybridized carbons (Fsp3) is 0.200. The highest BCUT2D eigenvalue weighted by Crippen LogP contribution is 2.32. The Hall–Kier alpha value is -2.02. The first kappa shape index (κ1) is 18.3. The zero-order chi connectivity index (χ0) is 19.0. The van der Waals surface area contributed by atoms with Crippen LogP contribution in [0.5, 0.6) is 0 Å². The first-order valence-electron chi connectivity index (χ1n) is 8.52. The average Bonchev–Trinajstić information content (AvgIpc) is 3.04. The van der Waals surface area contributed by atoms with Crippen molar-refractivity contribution in [2.75, 3.05) is 0 Å². The Balaban J connectivity index is 1.56. The summed E-state index contributed by atoms with van der Waals surface area (Å²) in [5.74, 6) is -0.168. The van der Waals surface area contributed by atoms with E-state index in [1.54, 1.807) is 0 Å². The van der Waals surface area contributed by atoms with E-state index in [2.05, 4.69) is 4.98 Å². The number of nitrogens with one attached hydrogen (secondary N) is 1. The molecule has 27 heavy (non-hydrogen) atoms. The number of carboxylic acids is 1. The van der Waals surface area contributed by atoms with Crippen molar-refractivity contribution in [2.45, 2.75) is 24.8 Å². The first-order chi connectivity index (χ1) is 13.0. The van der Waals surface area contributed by atoms with Crippen LogP contribution in [-0.4, -0.2) is 31.3 Å². The summed E-state index contributed by atoms with van der Waals surface area (Å²) in [6.07, 6.45) is 0.441. The second-order valence-electron chi connectivity index (χ2n) is 6.49. The summed E-state index contributed by atoms with van der Waals surface area (Å²) in [6, 6.07) is 15.0. The van der Waals surface area contributed by atoms with E-state index in [9.17, 15) is 9.90 Å². The second kappa shape index (κ2) is 7.54. The summed E-state index contributed by atoms with van der Waals surface area (Å²) >= 11 is 13.0. The van der Waals surface area contributed by atoms with Gasteiger partial charge in [-0.3, -0.25) is 0 Å². The van der Waals surface area contributed by atoms with Gasteiger partial charge in [-0.1, -0.05) is 65.9 Å². The summed E-state index contributed by atoms with van der Waals surface area (Å²) in [6.45, 7) is 0.480. The number of rotatable bonds is 3. The number of carbonyl (C=O) groups is 1. The third-order valence-electron chi connectivity index (χ3n) is 4.80. The molecule has 0 aliphatic carbocycles. The summed E-state index contributed by atoms with van der Waals surface area (Å²) in [7, 11) is 0. The Morgan fingerprint density at radius 3 is 2.74 bits per heavy atom. The van der Waals surface area contributed by atoms with Crippen molar-refractivity contribution >= 4 is 56.8 Å². The van der Waals surface area contributed by atoms with Crippen LogP contribution in [0.4, 0.5) is 0 Å². The van der Waals surface area contributed by atoms with Gasteiger partial charge in [-0.2, -0.15) is 0 Å². The van der Waals surface area contributed by atoms with Crippen molar-refractivity contribution in [3.63, 3.8) is 0 Å². The number of aromatic amines is 1. The lowest BCUT2D eigenvalue weighted by Gasteiger charge is -2.34.